The van der Waals surface area contributed by atoms with Crippen molar-refractivity contribution in [2.24, 2.45) is 5.92 Å². The Hall–Kier alpha value is -3.95. The van der Waals surface area contributed by atoms with Crippen LogP contribution in [-0.4, -0.2) is 63.7 Å². The third kappa shape index (κ3) is 5.85. The molecule has 0 aliphatic carbocycles. The molecule has 0 spiro atoms. The molecule has 4 heterocycles. The number of hydrogen-bond acceptors (Lipinski definition) is 9. The molecule has 1 aliphatic rings. The zero-order chi connectivity index (χ0) is 23.2. The quantitative estimate of drug-likeness (QED) is 0.585. The Balaban J connectivity index is 1.45. The topological polar surface area (TPSA) is 122 Å². The van der Waals surface area contributed by atoms with E-state index in [1.807, 2.05) is 32.0 Å². The van der Waals surface area contributed by atoms with Gasteiger partial charge in [0, 0.05) is 62.1 Å². The van der Waals surface area contributed by atoms with E-state index >= 15 is 0 Å². The lowest BCUT2D eigenvalue weighted by Crippen LogP contribution is -2.49. The molecule has 0 atom stereocenters. The molecule has 1 saturated heterocycles. The van der Waals surface area contributed by atoms with Gasteiger partial charge in [-0.25, -0.2) is 19.7 Å². The van der Waals surface area contributed by atoms with Crippen molar-refractivity contribution >= 4 is 29.2 Å². The number of amides is 1. The highest BCUT2D eigenvalue weighted by molar-refractivity contribution is 5.71. The van der Waals surface area contributed by atoms with E-state index in [-0.39, 0.29) is 6.09 Å². The first kappa shape index (κ1) is 22.3. The molecule has 1 amide bonds. The third-order valence-corrected chi connectivity index (χ3v) is 5.11. The molecule has 0 unspecified atom stereocenters. The average molecular weight is 449 g/mol. The van der Waals surface area contributed by atoms with Gasteiger partial charge in [0.05, 0.1) is 18.5 Å². The number of carbonyl (C=O) groups is 1. The number of pyridine rings is 2. The van der Waals surface area contributed by atoms with Gasteiger partial charge in [0.1, 0.15) is 17.5 Å². The summed E-state index contributed by atoms with van der Waals surface area (Å²) in [5, 5.41) is 3.13. The van der Waals surface area contributed by atoms with Crippen molar-refractivity contribution in [3.8, 4) is 11.3 Å². The van der Waals surface area contributed by atoms with Crippen LogP contribution in [0.4, 0.5) is 27.9 Å². The zero-order valence-electron chi connectivity index (χ0n) is 18.8. The Bertz CT molecular complexity index is 1080. The van der Waals surface area contributed by atoms with Gasteiger partial charge in [0.2, 0.25) is 0 Å². The number of anilines is 4. The second-order valence-corrected chi connectivity index (χ2v) is 8.23. The Morgan fingerprint density at radius 2 is 1.91 bits per heavy atom. The monoisotopic (exact) mass is 448 g/mol. The summed E-state index contributed by atoms with van der Waals surface area (Å²) in [6.45, 7) is 7.01. The Labute approximate surface area is 192 Å². The van der Waals surface area contributed by atoms with Crippen LogP contribution >= 0.6 is 0 Å². The van der Waals surface area contributed by atoms with Crippen LogP contribution in [0.5, 0.6) is 0 Å². The lowest BCUT2D eigenvalue weighted by molar-refractivity contribution is 0.0901. The minimum atomic E-state index is -0.253. The molecule has 3 aromatic heterocycles. The van der Waals surface area contributed by atoms with Gasteiger partial charge in [-0.15, -0.1) is 0 Å². The van der Waals surface area contributed by atoms with E-state index in [0.29, 0.717) is 56.0 Å². The van der Waals surface area contributed by atoms with Crippen LogP contribution in [0.25, 0.3) is 11.3 Å². The molecular formula is C23H28N8O2. The molecule has 33 heavy (non-hydrogen) atoms. The van der Waals surface area contributed by atoms with Crippen LogP contribution in [0.3, 0.4) is 0 Å². The largest absolute Gasteiger partial charge is 0.449 e. The van der Waals surface area contributed by atoms with Crippen LogP contribution in [0.1, 0.15) is 13.8 Å². The maximum atomic E-state index is 12.2. The van der Waals surface area contributed by atoms with Gasteiger partial charge in [0.15, 0.2) is 0 Å². The Morgan fingerprint density at radius 3 is 2.64 bits per heavy atom. The van der Waals surface area contributed by atoms with Crippen molar-refractivity contribution in [2.45, 2.75) is 13.8 Å². The summed E-state index contributed by atoms with van der Waals surface area (Å²) in [5.74, 6) is 2.31. The molecule has 0 aromatic carbocycles. The highest BCUT2D eigenvalue weighted by atomic mass is 16.6. The van der Waals surface area contributed by atoms with Crippen LogP contribution in [0.2, 0.25) is 0 Å². The molecule has 3 aromatic rings. The van der Waals surface area contributed by atoms with Gasteiger partial charge in [-0.1, -0.05) is 13.8 Å². The molecule has 10 nitrogen and oxygen atoms in total. The van der Waals surface area contributed by atoms with Crippen molar-refractivity contribution in [1.29, 1.82) is 0 Å². The molecule has 3 N–H and O–H groups in total. The van der Waals surface area contributed by atoms with Gasteiger partial charge >= 0.3 is 6.09 Å². The minimum Gasteiger partial charge on any atom is -0.449 e. The second-order valence-electron chi connectivity index (χ2n) is 8.23. The fraction of sp³-hybridized carbons (Fsp3) is 0.348. The highest BCUT2D eigenvalue weighted by Crippen LogP contribution is 2.26. The average Bonchev–Trinajstić information content (AvgIpc) is 2.83. The van der Waals surface area contributed by atoms with E-state index in [0.717, 1.165) is 17.1 Å². The van der Waals surface area contributed by atoms with Gasteiger partial charge in [-0.3, -0.25) is 4.98 Å². The second kappa shape index (κ2) is 10.1. The number of piperazine rings is 1. The van der Waals surface area contributed by atoms with Crippen molar-refractivity contribution in [3.05, 3.63) is 49.1 Å². The number of nitrogens with zero attached hydrogens (tertiary/aromatic N) is 6. The third-order valence-electron chi connectivity index (χ3n) is 5.11. The molecule has 172 valence electrons. The van der Waals surface area contributed by atoms with E-state index in [1.165, 1.54) is 0 Å². The van der Waals surface area contributed by atoms with E-state index in [9.17, 15) is 4.79 Å². The van der Waals surface area contributed by atoms with Gasteiger partial charge in [-0.2, -0.15) is 0 Å². The van der Waals surface area contributed by atoms with Crippen molar-refractivity contribution in [2.75, 3.05) is 48.7 Å². The molecule has 10 heteroatoms. The molecule has 1 fully saturated rings. The number of rotatable bonds is 6. The maximum Gasteiger partial charge on any atom is 0.409 e. The predicted molar refractivity (Wildman–Crippen MR) is 127 cm³/mol. The fourth-order valence-corrected chi connectivity index (χ4v) is 3.46. The Kier molecular flexibility index (Phi) is 6.82. The standard InChI is InChI=1S/C23H28N8O2/c1-16(2)15-33-23(32)31-9-7-30(8-10-31)22-11-17(3-4-27-22)19-12-18(24)13-20(28-19)29-21-14-25-5-6-26-21/h3-6,11-14,16H,7-10,15H2,1-2H3,(H3,24,26,28,29). The SMILES string of the molecule is CC(C)COC(=O)N1CCN(c2cc(-c3cc(N)cc(Nc4cnccn4)n3)ccn2)CC1. The molecule has 1 aliphatic heterocycles. The summed E-state index contributed by atoms with van der Waals surface area (Å²) in [6, 6.07) is 7.46. The summed E-state index contributed by atoms with van der Waals surface area (Å²) in [5.41, 5.74) is 8.33. The molecule has 4 rings (SSSR count). The van der Waals surface area contributed by atoms with Crippen LogP contribution in [0, 0.1) is 5.92 Å². The summed E-state index contributed by atoms with van der Waals surface area (Å²) in [7, 11) is 0. The van der Waals surface area contributed by atoms with E-state index in [2.05, 4.69) is 30.2 Å². The zero-order valence-corrected chi connectivity index (χ0v) is 18.8. The van der Waals surface area contributed by atoms with Crippen molar-refractivity contribution < 1.29 is 9.53 Å². The lowest BCUT2D eigenvalue weighted by atomic mass is 10.1. The minimum absolute atomic E-state index is 0.253. The van der Waals surface area contributed by atoms with Crippen molar-refractivity contribution in [3.63, 3.8) is 0 Å². The number of nitrogens with two attached hydrogens (primary N) is 1. The van der Waals surface area contributed by atoms with Gasteiger partial charge in [-0.05, 0) is 24.1 Å². The number of carbonyl (C=O) groups excluding carboxylic acids is 1. The highest BCUT2D eigenvalue weighted by Gasteiger charge is 2.23. The molecule has 0 bridgehead atoms. The number of aromatic nitrogens is 4. The number of nitrogen functional groups attached to an aromatic ring is 1. The first-order chi connectivity index (χ1) is 16.0. The van der Waals surface area contributed by atoms with E-state index in [1.54, 1.807) is 35.8 Å². The number of hydrogen-bond donors (Lipinski definition) is 2. The van der Waals surface area contributed by atoms with Gasteiger partial charge in [0.25, 0.3) is 0 Å². The summed E-state index contributed by atoms with van der Waals surface area (Å²) >= 11 is 0. The number of ether oxygens (including phenoxy) is 1. The fourth-order valence-electron chi connectivity index (χ4n) is 3.46. The maximum absolute atomic E-state index is 12.2. The summed E-state index contributed by atoms with van der Waals surface area (Å²) < 4.78 is 5.34. The summed E-state index contributed by atoms with van der Waals surface area (Å²) in [4.78, 5) is 33.6. The van der Waals surface area contributed by atoms with Crippen LogP contribution < -0.4 is 16.0 Å². The van der Waals surface area contributed by atoms with E-state index < -0.39 is 0 Å². The first-order valence-electron chi connectivity index (χ1n) is 10.9. The smallest absolute Gasteiger partial charge is 0.409 e. The molecular weight excluding hydrogens is 420 g/mol. The van der Waals surface area contributed by atoms with Gasteiger partial charge < -0.3 is 25.6 Å². The number of nitrogens with one attached hydrogen (secondary N) is 1. The normalized spacial score (nSPS) is 13.8. The lowest BCUT2D eigenvalue weighted by Gasteiger charge is -2.35. The predicted octanol–water partition coefficient (Wildman–Crippen LogP) is 3.17. The molecule has 0 saturated carbocycles. The Morgan fingerprint density at radius 1 is 1.09 bits per heavy atom. The summed E-state index contributed by atoms with van der Waals surface area (Å²) in [6.07, 6.45) is 6.34. The first-order valence-corrected chi connectivity index (χ1v) is 10.9. The van der Waals surface area contributed by atoms with Crippen LogP contribution in [-0.2, 0) is 4.74 Å². The van der Waals surface area contributed by atoms with E-state index in [4.69, 9.17) is 10.5 Å². The molecule has 0 radical (unpaired) electrons. The van der Waals surface area contributed by atoms with Crippen molar-refractivity contribution in [1.82, 2.24) is 24.8 Å². The van der Waals surface area contributed by atoms with Crippen LogP contribution in [0.15, 0.2) is 49.1 Å².